The predicted molar refractivity (Wildman–Crippen MR) is 146 cm³/mol. The van der Waals surface area contributed by atoms with Gasteiger partial charge in [0.2, 0.25) is 0 Å². The molecular weight excluding hydrogens is 412 g/mol. The number of hydrogen-bond donors (Lipinski definition) is 0. The maximum Gasteiger partial charge on any atom is 0.159 e. The van der Waals surface area contributed by atoms with Gasteiger partial charge in [0.25, 0.3) is 0 Å². The molecule has 0 N–H and O–H groups in total. The fourth-order valence-corrected chi connectivity index (χ4v) is 4.31. The number of allylic oxidation sites excluding steroid dienone is 2. The van der Waals surface area contributed by atoms with Crippen LogP contribution in [0, 0.1) is 0 Å². The van der Waals surface area contributed by atoms with E-state index in [-0.39, 0.29) is 5.78 Å². The maximum atomic E-state index is 11.9. The van der Waals surface area contributed by atoms with Crippen LogP contribution in [0.2, 0.25) is 0 Å². The van der Waals surface area contributed by atoms with Crippen LogP contribution in [-0.4, -0.2) is 5.78 Å². The van der Waals surface area contributed by atoms with E-state index in [0.717, 1.165) is 40.7 Å². The molecule has 4 rings (SSSR count). The number of benzene rings is 4. The normalized spacial score (nSPS) is 11.3. The standard InChI is InChI=1S/C33H30O/c1-24(20-21-27-12-6-4-7-13-27)33-31(18-11-19-32(33)28-14-8-5-9-15-28)22-25(2)29-16-10-17-30(23-29)26(3)34/h4-19,22-23H,1,20-21H2,2-3H3. The van der Waals surface area contributed by atoms with Gasteiger partial charge >= 0.3 is 0 Å². The zero-order valence-corrected chi connectivity index (χ0v) is 19.9. The second-order valence-corrected chi connectivity index (χ2v) is 8.69. The Morgan fingerprint density at radius 2 is 1.41 bits per heavy atom. The van der Waals surface area contributed by atoms with Crippen molar-refractivity contribution >= 4 is 23.0 Å². The Morgan fingerprint density at radius 1 is 0.765 bits per heavy atom. The Morgan fingerprint density at radius 3 is 2.12 bits per heavy atom. The van der Waals surface area contributed by atoms with Gasteiger partial charge in [-0.1, -0.05) is 110 Å². The third-order valence-electron chi connectivity index (χ3n) is 6.19. The average Bonchev–Trinajstić information content (AvgIpc) is 2.88. The van der Waals surface area contributed by atoms with E-state index in [1.807, 2.05) is 24.3 Å². The zero-order valence-electron chi connectivity index (χ0n) is 19.9. The van der Waals surface area contributed by atoms with Gasteiger partial charge in [-0.05, 0) is 77.3 Å². The zero-order chi connectivity index (χ0) is 23.9. The molecule has 0 aromatic heterocycles. The molecule has 0 fully saturated rings. The van der Waals surface area contributed by atoms with Gasteiger partial charge in [-0.25, -0.2) is 0 Å². The molecule has 0 amide bonds. The summed E-state index contributed by atoms with van der Waals surface area (Å²) in [7, 11) is 0. The number of rotatable bonds is 8. The molecule has 0 atom stereocenters. The van der Waals surface area contributed by atoms with Crippen LogP contribution >= 0.6 is 0 Å². The van der Waals surface area contributed by atoms with Crippen molar-refractivity contribution in [1.29, 1.82) is 0 Å². The molecule has 0 heterocycles. The van der Waals surface area contributed by atoms with E-state index in [1.54, 1.807) is 6.92 Å². The van der Waals surface area contributed by atoms with E-state index < -0.39 is 0 Å². The van der Waals surface area contributed by atoms with Gasteiger partial charge in [0.1, 0.15) is 0 Å². The second-order valence-electron chi connectivity index (χ2n) is 8.69. The van der Waals surface area contributed by atoms with Crippen LogP contribution in [0.15, 0.2) is 110 Å². The van der Waals surface area contributed by atoms with E-state index in [2.05, 4.69) is 98.4 Å². The molecule has 0 aliphatic heterocycles. The molecule has 0 bridgehead atoms. The molecule has 0 spiro atoms. The lowest BCUT2D eigenvalue weighted by Crippen LogP contribution is -1.96. The summed E-state index contributed by atoms with van der Waals surface area (Å²) in [6.07, 6.45) is 4.05. The minimum atomic E-state index is 0.0794. The highest BCUT2D eigenvalue weighted by Crippen LogP contribution is 2.35. The largest absolute Gasteiger partial charge is 0.295 e. The van der Waals surface area contributed by atoms with E-state index in [0.29, 0.717) is 0 Å². The molecule has 0 aliphatic rings. The summed E-state index contributed by atoms with van der Waals surface area (Å²) in [5.41, 5.74) is 10.1. The first kappa shape index (κ1) is 23.2. The highest BCUT2D eigenvalue weighted by molar-refractivity contribution is 5.96. The van der Waals surface area contributed by atoms with Gasteiger partial charge in [0, 0.05) is 5.56 Å². The minimum Gasteiger partial charge on any atom is -0.295 e. The Balaban J connectivity index is 1.76. The van der Waals surface area contributed by atoms with Crippen molar-refractivity contribution in [3.05, 3.63) is 138 Å². The van der Waals surface area contributed by atoms with Crippen LogP contribution in [0.3, 0.4) is 0 Å². The number of carbonyl (C=O) groups is 1. The molecule has 34 heavy (non-hydrogen) atoms. The number of Topliss-reactive ketones (excluding diaryl/α,β-unsaturated/α-hetero) is 1. The maximum absolute atomic E-state index is 11.9. The Hall–Kier alpha value is -3.97. The van der Waals surface area contributed by atoms with Crippen LogP contribution in [-0.2, 0) is 6.42 Å². The minimum absolute atomic E-state index is 0.0794. The van der Waals surface area contributed by atoms with Gasteiger partial charge in [-0.15, -0.1) is 0 Å². The summed E-state index contributed by atoms with van der Waals surface area (Å²) in [4.78, 5) is 11.9. The van der Waals surface area contributed by atoms with Crippen LogP contribution in [0.4, 0.5) is 0 Å². The Kier molecular flexibility index (Phi) is 7.34. The first-order chi connectivity index (χ1) is 16.5. The van der Waals surface area contributed by atoms with Gasteiger partial charge < -0.3 is 0 Å². The summed E-state index contributed by atoms with van der Waals surface area (Å²) in [6, 6.07) is 35.4. The predicted octanol–water partition coefficient (Wildman–Crippen LogP) is 8.76. The van der Waals surface area contributed by atoms with Gasteiger partial charge in [-0.3, -0.25) is 4.79 Å². The van der Waals surface area contributed by atoms with E-state index in [9.17, 15) is 4.79 Å². The molecular formula is C33H30O. The topological polar surface area (TPSA) is 17.1 Å². The highest BCUT2D eigenvalue weighted by Gasteiger charge is 2.13. The third kappa shape index (κ3) is 5.50. The molecule has 0 saturated carbocycles. The van der Waals surface area contributed by atoms with E-state index in [1.165, 1.54) is 22.3 Å². The summed E-state index contributed by atoms with van der Waals surface area (Å²) >= 11 is 0. The lowest BCUT2D eigenvalue weighted by atomic mass is 9.87. The fraction of sp³-hybridized carbons (Fsp3) is 0.121. The van der Waals surface area contributed by atoms with Crippen molar-refractivity contribution < 1.29 is 4.79 Å². The monoisotopic (exact) mass is 442 g/mol. The fourth-order valence-electron chi connectivity index (χ4n) is 4.31. The van der Waals surface area contributed by atoms with Crippen molar-refractivity contribution in [3.8, 4) is 11.1 Å². The average molecular weight is 443 g/mol. The van der Waals surface area contributed by atoms with Crippen molar-refractivity contribution in [2.24, 2.45) is 0 Å². The Labute approximate surface area is 203 Å². The number of hydrogen-bond acceptors (Lipinski definition) is 1. The lowest BCUT2D eigenvalue weighted by molar-refractivity contribution is 0.101. The molecule has 0 saturated heterocycles. The van der Waals surface area contributed by atoms with Gasteiger partial charge in [0.15, 0.2) is 5.78 Å². The molecule has 4 aromatic rings. The first-order valence-corrected chi connectivity index (χ1v) is 11.7. The molecule has 0 unspecified atom stereocenters. The third-order valence-corrected chi connectivity index (χ3v) is 6.19. The number of aryl methyl sites for hydroxylation is 1. The molecule has 1 heteroatoms. The van der Waals surface area contributed by atoms with Crippen LogP contribution in [0.25, 0.3) is 28.3 Å². The quantitative estimate of drug-likeness (QED) is 0.197. The summed E-state index contributed by atoms with van der Waals surface area (Å²) < 4.78 is 0. The highest BCUT2D eigenvalue weighted by atomic mass is 16.1. The summed E-state index contributed by atoms with van der Waals surface area (Å²) in [5, 5.41) is 0. The van der Waals surface area contributed by atoms with Crippen LogP contribution < -0.4 is 0 Å². The SMILES string of the molecule is C=C(CCc1ccccc1)c1c(C=C(C)c2cccc(C(C)=O)c2)cccc1-c1ccccc1. The van der Waals surface area contributed by atoms with Crippen molar-refractivity contribution in [1.82, 2.24) is 0 Å². The Bertz CT molecular complexity index is 1330. The van der Waals surface area contributed by atoms with Crippen LogP contribution in [0.5, 0.6) is 0 Å². The molecule has 0 aliphatic carbocycles. The second kappa shape index (κ2) is 10.8. The molecule has 4 aromatic carbocycles. The summed E-state index contributed by atoms with van der Waals surface area (Å²) in [6.45, 7) is 8.24. The van der Waals surface area contributed by atoms with Gasteiger partial charge in [-0.2, -0.15) is 0 Å². The smallest absolute Gasteiger partial charge is 0.159 e. The number of ketones is 1. The van der Waals surface area contributed by atoms with E-state index >= 15 is 0 Å². The molecule has 1 nitrogen and oxygen atoms in total. The molecule has 0 radical (unpaired) electrons. The van der Waals surface area contributed by atoms with E-state index in [4.69, 9.17) is 0 Å². The number of carbonyl (C=O) groups excluding carboxylic acids is 1. The summed E-state index contributed by atoms with van der Waals surface area (Å²) in [5.74, 6) is 0.0794. The van der Waals surface area contributed by atoms with Crippen molar-refractivity contribution in [2.45, 2.75) is 26.7 Å². The lowest BCUT2D eigenvalue weighted by Gasteiger charge is -2.17. The van der Waals surface area contributed by atoms with Gasteiger partial charge in [0.05, 0.1) is 0 Å². The van der Waals surface area contributed by atoms with Crippen LogP contribution in [0.1, 0.15) is 52.9 Å². The first-order valence-electron chi connectivity index (χ1n) is 11.7. The molecule has 168 valence electrons. The van der Waals surface area contributed by atoms with Crippen molar-refractivity contribution in [3.63, 3.8) is 0 Å². The van der Waals surface area contributed by atoms with Crippen molar-refractivity contribution in [2.75, 3.05) is 0 Å².